The summed E-state index contributed by atoms with van der Waals surface area (Å²) in [6.45, 7) is 4.13. The molecule has 82 valence electrons. The van der Waals surface area contributed by atoms with E-state index < -0.39 is 0 Å². The highest BCUT2D eigenvalue weighted by atomic mass is 32.2. The first-order valence-corrected chi connectivity index (χ1v) is 6.79. The van der Waals surface area contributed by atoms with Crippen molar-refractivity contribution in [2.24, 2.45) is 0 Å². The number of nitrogens with zero attached hydrogens (tertiary/aromatic N) is 2. The Morgan fingerprint density at radius 2 is 2.13 bits per heavy atom. The molecule has 1 heterocycles. The van der Waals surface area contributed by atoms with Crippen LogP contribution in [0.2, 0.25) is 0 Å². The van der Waals surface area contributed by atoms with Gasteiger partial charge in [-0.05, 0) is 20.1 Å². The lowest BCUT2D eigenvalue weighted by Gasteiger charge is -2.06. The second-order valence-corrected chi connectivity index (χ2v) is 4.78. The summed E-state index contributed by atoms with van der Waals surface area (Å²) < 4.78 is 0. The van der Waals surface area contributed by atoms with Gasteiger partial charge in [0.15, 0.2) is 0 Å². The number of aromatic nitrogens is 2. The molecule has 1 rings (SSSR count). The molecule has 0 aliphatic carbocycles. The van der Waals surface area contributed by atoms with Crippen LogP contribution in [-0.4, -0.2) is 22.0 Å². The van der Waals surface area contributed by atoms with Gasteiger partial charge in [0.05, 0.1) is 5.69 Å². The van der Waals surface area contributed by atoms with Crippen LogP contribution in [0.5, 0.6) is 0 Å². The number of thioether (sulfide) groups is 2. The molecule has 0 atom stereocenters. The van der Waals surface area contributed by atoms with Crippen molar-refractivity contribution in [3.63, 3.8) is 0 Å². The standard InChI is InChI=1S/C10H15N3S2/c1-4-7(2)5-15-10-8(11)9(14-3)12-6-13-10/h4,6H,5,11H2,1-3H3/b7-4+. The van der Waals surface area contributed by atoms with E-state index in [-0.39, 0.29) is 0 Å². The molecule has 0 amide bonds. The Labute approximate surface area is 99.0 Å². The Kier molecular flexibility index (Phi) is 4.98. The molecule has 0 saturated carbocycles. The highest BCUT2D eigenvalue weighted by molar-refractivity contribution is 8.00. The third kappa shape index (κ3) is 3.43. The lowest BCUT2D eigenvalue weighted by atomic mass is 10.3. The Morgan fingerprint density at radius 3 is 2.73 bits per heavy atom. The Morgan fingerprint density at radius 1 is 1.47 bits per heavy atom. The van der Waals surface area contributed by atoms with E-state index in [4.69, 9.17) is 5.73 Å². The summed E-state index contributed by atoms with van der Waals surface area (Å²) in [6.07, 6.45) is 5.62. The number of hydrogen-bond acceptors (Lipinski definition) is 5. The van der Waals surface area contributed by atoms with Gasteiger partial charge in [-0.2, -0.15) is 0 Å². The van der Waals surface area contributed by atoms with Gasteiger partial charge in [-0.1, -0.05) is 23.4 Å². The van der Waals surface area contributed by atoms with Crippen LogP contribution in [0.15, 0.2) is 28.0 Å². The van der Waals surface area contributed by atoms with Crippen molar-refractivity contribution in [3.05, 3.63) is 18.0 Å². The van der Waals surface area contributed by atoms with Crippen molar-refractivity contribution in [3.8, 4) is 0 Å². The summed E-state index contributed by atoms with van der Waals surface area (Å²) in [7, 11) is 0. The van der Waals surface area contributed by atoms with Gasteiger partial charge < -0.3 is 5.73 Å². The maximum absolute atomic E-state index is 5.94. The third-order valence-electron chi connectivity index (χ3n) is 1.93. The molecule has 0 aliphatic heterocycles. The van der Waals surface area contributed by atoms with Crippen LogP contribution < -0.4 is 5.73 Å². The predicted octanol–water partition coefficient (Wildman–Crippen LogP) is 2.84. The number of allylic oxidation sites excluding steroid dienone is 1. The van der Waals surface area contributed by atoms with E-state index in [1.165, 1.54) is 5.57 Å². The molecule has 1 aromatic heterocycles. The highest BCUT2D eigenvalue weighted by Gasteiger charge is 2.07. The molecular weight excluding hydrogens is 226 g/mol. The van der Waals surface area contributed by atoms with Gasteiger partial charge in [-0.15, -0.1) is 11.8 Å². The second kappa shape index (κ2) is 6.02. The first-order chi connectivity index (χ1) is 7.19. The van der Waals surface area contributed by atoms with Gasteiger partial charge in [0, 0.05) is 5.75 Å². The van der Waals surface area contributed by atoms with Gasteiger partial charge >= 0.3 is 0 Å². The predicted molar refractivity (Wildman–Crippen MR) is 68.4 cm³/mol. The lowest BCUT2D eigenvalue weighted by molar-refractivity contribution is 0.977. The van der Waals surface area contributed by atoms with E-state index in [1.54, 1.807) is 29.9 Å². The van der Waals surface area contributed by atoms with Gasteiger partial charge in [-0.25, -0.2) is 9.97 Å². The maximum Gasteiger partial charge on any atom is 0.124 e. The molecule has 0 unspecified atom stereocenters. The van der Waals surface area contributed by atoms with E-state index in [2.05, 4.69) is 23.0 Å². The van der Waals surface area contributed by atoms with E-state index >= 15 is 0 Å². The summed E-state index contributed by atoms with van der Waals surface area (Å²) in [4.78, 5) is 8.28. The van der Waals surface area contributed by atoms with Crippen LogP contribution in [0.25, 0.3) is 0 Å². The third-order valence-corrected chi connectivity index (χ3v) is 3.84. The van der Waals surface area contributed by atoms with E-state index in [0.29, 0.717) is 5.69 Å². The molecule has 3 nitrogen and oxygen atoms in total. The topological polar surface area (TPSA) is 51.8 Å². The van der Waals surface area contributed by atoms with Crippen LogP contribution >= 0.6 is 23.5 Å². The molecule has 5 heteroatoms. The smallest absolute Gasteiger partial charge is 0.124 e. The van der Waals surface area contributed by atoms with Crippen LogP contribution in [-0.2, 0) is 0 Å². The molecule has 0 fully saturated rings. The molecule has 2 N–H and O–H groups in total. The summed E-state index contributed by atoms with van der Waals surface area (Å²) >= 11 is 3.20. The van der Waals surface area contributed by atoms with Crippen molar-refractivity contribution < 1.29 is 0 Å². The summed E-state index contributed by atoms with van der Waals surface area (Å²) in [6, 6.07) is 0. The molecule has 0 radical (unpaired) electrons. The van der Waals surface area contributed by atoms with Gasteiger partial charge in [0.2, 0.25) is 0 Å². The van der Waals surface area contributed by atoms with Gasteiger partial charge in [0.25, 0.3) is 0 Å². The zero-order valence-electron chi connectivity index (χ0n) is 9.15. The number of hydrogen-bond donors (Lipinski definition) is 1. The zero-order valence-corrected chi connectivity index (χ0v) is 10.8. The molecule has 15 heavy (non-hydrogen) atoms. The first kappa shape index (κ1) is 12.4. The lowest BCUT2D eigenvalue weighted by Crippen LogP contribution is -1.97. The van der Waals surface area contributed by atoms with Gasteiger partial charge in [0.1, 0.15) is 16.4 Å². The molecule has 1 aromatic rings. The van der Waals surface area contributed by atoms with Crippen molar-refractivity contribution in [1.82, 2.24) is 9.97 Å². The average molecular weight is 241 g/mol. The molecule has 0 spiro atoms. The molecule has 0 bridgehead atoms. The Bertz CT molecular complexity index is 364. The molecular formula is C10H15N3S2. The Hall–Kier alpha value is -0.680. The van der Waals surface area contributed by atoms with E-state index in [9.17, 15) is 0 Å². The quantitative estimate of drug-likeness (QED) is 0.499. The molecule has 0 aliphatic rings. The van der Waals surface area contributed by atoms with Crippen molar-refractivity contribution >= 4 is 29.2 Å². The second-order valence-electron chi connectivity index (χ2n) is 3.03. The average Bonchev–Trinajstić information content (AvgIpc) is 2.27. The largest absolute Gasteiger partial charge is 0.394 e. The van der Waals surface area contributed by atoms with Crippen LogP contribution in [0.1, 0.15) is 13.8 Å². The number of nitrogen functional groups attached to an aromatic ring is 1. The van der Waals surface area contributed by atoms with Crippen LogP contribution in [0.3, 0.4) is 0 Å². The normalized spacial score (nSPS) is 11.8. The van der Waals surface area contributed by atoms with Crippen LogP contribution in [0.4, 0.5) is 5.69 Å². The van der Waals surface area contributed by atoms with Gasteiger partial charge in [-0.3, -0.25) is 0 Å². The fourth-order valence-corrected chi connectivity index (χ4v) is 2.35. The number of nitrogens with two attached hydrogens (primary N) is 1. The Balaban J connectivity index is 2.77. The van der Waals surface area contributed by atoms with Crippen molar-refractivity contribution in [2.75, 3.05) is 17.7 Å². The minimum absolute atomic E-state index is 0.693. The summed E-state index contributed by atoms with van der Waals surface area (Å²) in [5.41, 5.74) is 7.95. The zero-order chi connectivity index (χ0) is 11.3. The monoisotopic (exact) mass is 241 g/mol. The molecule has 0 saturated heterocycles. The fraction of sp³-hybridized carbons (Fsp3) is 0.400. The summed E-state index contributed by atoms with van der Waals surface area (Å²) in [5.74, 6) is 0.922. The fourth-order valence-electron chi connectivity index (χ4n) is 0.908. The van der Waals surface area contributed by atoms with Crippen molar-refractivity contribution in [1.29, 1.82) is 0 Å². The maximum atomic E-state index is 5.94. The SMILES string of the molecule is C/C=C(\C)CSc1ncnc(SC)c1N. The van der Waals surface area contributed by atoms with E-state index in [0.717, 1.165) is 15.8 Å². The molecule has 0 aromatic carbocycles. The van der Waals surface area contributed by atoms with Crippen molar-refractivity contribution in [2.45, 2.75) is 23.9 Å². The van der Waals surface area contributed by atoms with E-state index in [1.807, 2.05) is 13.2 Å². The summed E-state index contributed by atoms with van der Waals surface area (Å²) in [5, 5.41) is 1.72. The van der Waals surface area contributed by atoms with Crippen LogP contribution in [0, 0.1) is 0 Å². The number of anilines is 1. The minimum atomic E-state index is 0.693. The number of rotatable bonds is 4. The highest BCUT2D eigenvalue weighted by Crippen LogP contribution is 2.29. The first-order valence-electron chi connectivity index (χ1n) is 4.58. The minimum Gasteiger partial charge on any atom is -0.394 e.